The fourth-order valence-corrected chi connectivity index (χ4v) is 2.97. The molecule has 0 saturated carbocycles. The van der Waals surface area contributed by atoms with Gasteiger partial charge in [-0.05, 0) is 48.6 Å². The third-order valence-corrected chi connectivity index (χ3v) is 4.31. The summed E-state index contributed by atoms with van der Waals surface area (Å²) in [5.74, 6) is 1.23. The average molecular weight is 328 g/mol. The second-order valence-corrected chi connectivity index (χ2v) is 6.19. The largest absolute Gasteiger partial charge is 0.493 e. The van der Waals surface area contributed by atoms with Crippen LogP contribution < -0.4 is 9.47 Å². The van der Waals surface area contributed by atoms with Crippen LogP contribution in [-0.4, -0.2) is 19.3 Å². The number of hydrogen-bond donors (Lipinski definition) is 1. The molecule has 1 atom stereocenters. The van der Waals surface area contributed by atoms with Crippen LogP contribution in [0.1, 0.15) is 54.5 Å². The van der Waals surface area contributed by atoms with Crippen LogP contribution in [0.15, 0.2) is 36.4 Å². The molecule has 0 aliphatic carbocycles. The van der Waals surface area contributed by atoms with Gasteiger partial charge in [-0.2, -0.15) is 0 Å². The van der Waals surface area contributed by atoms with E-state index in [0.29, 0.717) is 11.5 Å². The second kappa shape index (κ2) is 8.74. The number of aliphatic hydroxyl groups excluding tert-OH is 1. The molecular formula is C21H28O3. The van der Waals surface area contributed by atoms with E-state index in [2.05, 4.69) is 19.1 Å². The number of aliphatic hydroxyl groups is 1. The molecule has 2 aromatic carbocycles. The predicted molar refractivity (Wildman–Crippen MR) is 98.0 cm³/mol. The van der Waals surface area contributed by atoms with Gasteiger partial charge in [0.1, 0.15) is 6.10 Å². The third-order valence-electron chi connectivity index (χ3n) is 4.31. The molecule has 1 unspecified atom stereocenters. The van der Waals surface area contributed by atoms with Crippen molar-refractivity contribution in [1.29, 1.82) is 0 Å². The highest BCUT2D eigenvalue weighted by molar-refractivity contribution is 5.52. The monoisotopic (exact) mass is 328 g/mol. The molecule has 0 aliphatic rings. The van der Waals surface area contributed by atoms with Gasteiger partial charge in [-0.3, -0.25) is 0 Å². The molecule has 0 aliphatic heterocycles. The summed E-state index contributed by atoms with van der Waals surface area (Å²) in [6.45, 7) is 4.19. The Bertz CT molecular complexity index is 647. The van der Waals surface area contributed by atoms with Gasteiger partial charge < -0.3 is 14.6 Å². The SMILES string of the molecule is CCCCCc1ccc(C(O)c2cc(C)cc(OC)c2OC)cc1. The quantitative estimate of drug-likeness (QED) is 0.706. The first kappa shape index (κ1) is 18.3. The Morgan fingerprint density at radius 1 is 1.00 bits per heavy atom. The minimum Gasteiger partial charge on any atom is -0.493 e. The highest BCUT2D eigenvalue weighted by Crippen LogP contribution is 2.38. The number of aryl methyl sites for hydroxylation is 2. The van der Waals surface area contributed by atoms with Gasteiger partial charge in [0.15, 0.2) is 11.5 Å². The van der Waals surface area contributed by atoms with E-state index in [-0.39, 0.29) is 0 Å². The normalized spacial score (nSPS) is 12.0. The van der Waals surface area contributed by atoms with Crippen molar-refractivity contribution in [2.45, 2.75) is 45.6 Å². The Morgan fingerprint density at radius 2 is 1.71 bits per heavy atom. The Kier molecular flexibility index (Phi) is 6.68. The zero-order valence-corrected chi connectivity index (χ0v) is 15.1. The molecule has 0 fully saturated rings. The lowest BCUT2D eigenvalue weighted by Gasteiger charge is -2.19. The minimum absolute atomic E-state index is 0.586. The standard InChI is InChI=1S/C21H28O3/c1-5-6-7-8-16-9-11-17(12-10-16)20(22)18-13-15(2)14-19(23-3)21(18)24-4/h9-14,20,22H,5-8H2,1-4H3. The summed E-state index contributed by atoms with van der Waals surface area (Å²) >= 11 is 0. The topological polar surface area (TPSA) is 38.7 Å². The summed E-state index contributed by atoms with van der Waals surface area (Å²) in [5, 5.41) is 10.8. The van der Waals surface area contributed by atoms with Crippen LogP contribution in [0.2, 0.25) is 0 Å². The van der Waals surface area contributed by atoms with Gasteiger partial charge in [0.2, 0.25) is 0 Å². The summed E-state index contributed by atoms with van der Waals surface area (Å²) in [5.41, 5.74) is 3.93. The molecule has 0 radical (unpaired) electrons. The molecule has 0 bridgehead atoms. The molecule has 0 saturated heterocycles. The highest BCUT2D eigenvalue weighted by Gasteiger charge is 2.19. The van der Waals surface area contributed by atoms with Gasteiger partial charge in [-0.15, -0.1) is 0 Å². The van der Waals surface area contributed by atoms with E-state index >= 15 is 0 Å². The van der Waals surface area contributed by atoms with Gasteiger partial charge in [0, 0.05) is 5.56 Å². The average Bonchev–Trinajstić information content (AvgIpc) is 2.61. The smallest absolute Gasteiger partial charge is 0.166 e. The summed E-state index contributed by atoms with van der Waals surface area (Å²) in [6, 6.07) is 12.1. The van der Waals surface area contributed by atoms with Crippen LogP contribution in [0.25, 0.3) is 0 Å². The van der Waals surface area contributed by atoms with Gasteiger partial charge in [0.25, 0.3) is 0 Å². The van der Waals surface area contributed by atoms with E-state index in [1.54, 1.807) is 14.2 Å². The first-order valence-corrected chi connectivity index (χ1v) is 8.60. The zero-order valence-electron chi connectivity index (χ0n) is 15.1. The van der Waals surface area contributed by atoms with Crippen LogP contribution in [0.3, 0.4) is 0 Å². The van der Waals surface area contributed by atoms with E-state index in [0.717, 1.165) is 23.1 Å². The summed E-state index contributed by atoms with van der Waals surface area (Å²) < 4.78 is 10.9. The fourth-order valence-electron chi connectivity index (χ4n) is 2.97. The first-order chi connectivity index (χ1) is 11.6. The molecule has 3 nitrogen and oxygen atoms in total. The van der Waals surface area contributed by atoms with Gasteiger partial charge >= 0.3 is 0 Å². The molecule has 24 heavy (non-hydrogen) atoms. The number of benzene rings is 2. The van der Waals surface area contributed by atoms with E-state index in [1.807, 2.05) is 31.2 Å². The second-order valence-electron chi connectivity index (χ2n) is 6.19. The Balaban J connectivity index is 2.25. The van der Waals surface area contributed by atoms with Crippen molar-refractivity contribution in [1.82, 2.24) is 0 Å². The lowest BCUT2D eigenvalue weighted by atomic mass is 9.96. The number of ether oxygens (including phenoxy) is 2. The lowest BCUT2D eigenvalue weighted by Crippen LogP contribution is -2.05. The van der Waals surface area contributed by atoms with Crippen molar-refractivity contribution in [3.63, 3.8) is 0 Å². The maximum absolute atomic E-state index is 10.8. The van der Waals surface area contributed by atoms with Crippen molar-refractivity contribution in [2.24, 2.45) is 0 Å². The minimum atomic E-state index is -0.738. The molecule has 0 aromatic heterocycles. The van der Waals surface area contributed by atoms with Crippen molar-refractivity contribution in [3.05, 3.63) is 58.7 Å². The molecule has 0 heterocycles. The number of rotatable bonds is 8. The van der Waals surface area contributed by atoms with Gasteiger partial charge in [-0.1, -0.05) is 44.0 Å². The molecule has 2 aromatic rings. The van der Waals surface area contributed by atoms with E-state index in [1.165, 1.54) is 24.8 Å². The van der Waals surface area contributed by atoms with Gasteiger partial charge in [0.05, 0.1) is 14.2 Å². The Labute approximate surface area is 145 Å². The van der Waals surface area contributed by atoms with E-state index < -0.39 is 6.10 Å². The van der Waals surface area contributed by atoms with Crippen molar-refractivity contribution in [3.8, 4) is 11.5 Å². The molecule has 0 amide bonds. The van der Waals surface area contributed by atoms with Crippen LogP contribution in [-0.2, 0) is 6.42 Å². The summed E-state index contributed by atoms with van der Waals surface area (Å²) in [7, 11) is 3.21. The zero-order chi connectivity index (χ0) is 17.5. The number of hydrogen-bond acceptors (Lipinski definition) is 3. The molecule has 1 N–H and O–H groups in total. The van der Waals surface area contributed by atoms with E-state index in [9.17, 15) is 5.11 Å². The van der Waals surface area contributed by atoms with Crippen molar-refractivity contribution >= 4 is 0 Å². The van der Waals surface area contributed by atoms with Crippen LogP contribution in [0.4, 0.5) is 0 Å². The fraction of sp³-hybridized carbons (Fsp3) is 0.429. The highest BCUT2D eigenvalue weighted by atomic mass is 16.5. The molecule has 2 rings (SSSR count). The van der Waals surface area contributed by atoms with Crippen LogP contribution >= 0.6 is 0 Å². The Morgan fingerprint density at radius 3 is 2.29 bits per heavy atom. The van der Waals surface area contributed by atoms with Crippen molar-refractivity contribution < 1.29 is 14.6 Å². The maximum atomic E-state index is 10.8. The molecule has 0 spiro atoms. The van der Waals surface area contributed by atoms with Crippen LogP contribution in [0.5, 0.6) is 11.5 Å². The maximum Gasteiger partial charge on any atom is 0.166 e. The third kappa shape index (κ3) is 4.30. The van der Waals surface area contributed by atoms with Crippen molar-refractivity contribution in [2.75, 3.05) is 14.2 Å². The first-order valence-electron chi connectivity index (χ1n) is 8.60. The van der Waals surface area contributed by atoms with Crippen LogP contribution in [0, 0.1) is 6.92 Å². The number of methoxy groups -OCH3 is 2. The summed E-state index contributed by atoms with van der Waals surface area (Å²) in [6.07, 6.45) is 4.04. The van der Waals surface area contributed by atoms with E-state index in [4.69, 9.17) is 9.47 Å². The molecule has 130 valence electrons. The molecular weight excluding hydrogens is 300 g/mol. The number of unbranched alkanes of at least 4 members (excludes halogenated alkanes) is 2. The molecule has 3 heteroatoms. The predicted octanol–water partition coefficient (Wildman–Crippen LogP) is 4.83. The summed E-state index contributed by atoms with van der Waals surface area (Å²) in [4.78, 5) is 0. The lowest BCUT2D eigenvalue weighted by molar-refractivity contribution is 0.213. The Hall–Kier alpha value is -2.00. The van der Waals surface area contributed by atoms with Gasteiger partial charge in [-0.25, -0.2) is 0 Å².